The molecule has 0 aliphatic rings. The summed E-state index contributed by atoms with van der Waals surface area (Å²) in [5, 5.41) is 24.1. The summed E-state index contributed by atoms with van der Waals surface area (Å²) >= 11 is 0. The van der Waals surface area contributed by atoms with Crippen molar-refractivity contribution in [1.29, 1.82) is 0 Å². The SMILES string of the molecule is CC(C)Nc1ccc(S(=O)(=O)NCC(=O)[O-])cc1[N+](=O)[O-]. The molecule has 0 fully saturated rings. The number of carboxylic acids is 1. The lowest BCUT2D eigenvalue weighted by molar-refractivity contribution is -0.384. The highest BCUT2D eigenvalue weighted by Crippen LogP contribution is 2.28. The molecular weight excluding hydrogens is 302 g/mol. The number of hydrogen-bond donors (Lipinski definition) is 2. The molecular formula is C11H14N3O6S-. The van der Waals surface area contributed by atoms with Crippen LogP contribution in [0.4, 0.5) is 11.4 Å². The van der Waals surface area contributed by atoms with Crippen LogP contribution in [0.2, 0.25) is 0 Å². The Labute approximate surface area is 121 Å². The van der Waals surface area contributed by atoms with Gasteiger partial charge in [-0.15, -0.1) is 0 Å². The van der Waals surface area contributed by atoms with Gasteiger partial charge in [-0.2, -0.15) is 0 Å². The first kappa shape index (κ1) is 16.9. The predicted molar refractivity (Wildman–Crippen MR) is 72.1 cm³/mol. The Kier molecular flexibility index (Phi) is 5.22. The number of benzene rings is 1. The smallest absolute Gasteiger partial charge is 0.293 e. The number of carbonyl (C=O) groups excluding carboxylic acids is 1. The average Bonchev–Trinajstić information content (AvgIpc) is 2.35. The molecule has 10 heteroatoms. The lowest BCUT2D eigenvalue weighted by Crippen LogP contribution is -2.37. The molecule has 0 radical (unpaired) electrons. The summed E-state index contributed by atoms with van der Waals surface area (Å²) in [6.45, 7) is 2.63. The van der Waals surface area contributed by atoms with E-state index in [0.29, 0.717) is 0 Å². The van der Waals surface area contributed by atoms with Gasteiger partial charge in [-0.1, -0.05) is 0 Å². The molecule has 1 aromatic carbocycles. The normalized spacial score (nSPS) is 11.4. The Bertz CT molecular complexity index is 656. The van der Waals surface area contributed by atoms with Crippen LogP contribution in [0.5, 0.6) is 0 Å². The molecule has 0 amide bonds. The predicted octanol–water partition coefficient (Wildman–Crippen LogP) is -0.557. The molecule has 21 heavy (non-hydrogen) atoms. The van der Waals surface area contributed by atoms with Gasteiger partial charge < -0.3 is 15.2 Å². The second-order valence-corrected chi connectivity index (χ2v) is 6.20. The first-order chi connectivity index (χ1) is 9.63. The van der Waals surface area contributed by atoms with Gasteiger partial charge in [-0.3, -0.25) is 10.1 Å². The molecule has 0 bridgehead atoms. The molecule has 1 aromatic rings. The molecule has 0 aliphatic carbocycles. The summed E-state index contributed by atoms with van der Waals surface area (Å²) in [4.78, 5) is 20.1. The van der Waals surface area contributed by atoms with Gasteiger partial charge in [0.1, 0.15) is 5.69 Å². The highest BCUT2D eigenvalue weighted by molar-refractivity contribution is 7.89. The summed E-state index contributed by atoms with van der Waals surface area (Å²) in [6, 6.07) is 3.19. The van der Waals surface area contributed by atoms with Crippen molar-refractivity contribution >= 4 is 27.4 Å². The van der Waals surface area contributed by atoms with Crippen molar-refractivity contribution in [2.45, 2.75) is 24.8 Å². The number of carbonyl (C=O) groups is 1. The number of carboxylic acid groups (broad SMARTS) is 1. The molecule has 0 aliphatic heterocycles. The van der Waals surface area contributed by atoms with Crippen molar-refractivity contribution in [2.24, 2.45) is 0 Å². The molecule has 2 N–H and O–H groups in total. The highest BCUT2D eigenvalue weighted by Gasteiger charge is 2.21. The number of nitrogens with zero attached hydrogens (tertiary/aromatic N) is 1. The van der Waals surface area contributed by atoms with Crippen LogP contribution in [0.25, 0.3) is 0 Å². The fraction of sp³-hybridized carbons (Fsp3) is 0.364. The van der Waals surface area contributed by atoms with Crippen molar-refractivity contribution in [3.8, 4) is 0 Å². The number of nitro groups is 1. The monoisotopic (exact) mass is 316 g/mol. The van der Waals surface area contributed by atoms with Crippen LogP contribution >= 0.6 is 0 Å². The molecule has 0 saturated heterocycles. The fourth-order valence-corrected chi connectivity index (χ4v) is 2.49. The number of sulfonamides is 1. The maximum atomic E-state index is 11.8. The van der Waals surface area contributed by atoms with Gasteiger partial charge in [0, 0.05) is 12.1 Å². The first-order valence-electron chi connectivity index (χ1n) is 5.88. The summed E-state index contributed by atoms with van der Waals surface area (Å²) < 4.78 is 25.4. The summed E-state index contributed by atoms with van der Waals surface area (Å²) in [6.07, 6.45) is 0. The van der Waals surface area contributed by atoms with Gasteiger partial charge in [-0.05, 0) is 26.0 Å². The Morgan fingerprint density at radius 2 is 2.00 bits per heavy atom. The molecule has 0 aromatic heterocycles. The minimum Gasteiger partial charge on any atom is -0.549 e. The number of aliphatic carboxylic acids is 1. The van der Waals surface area contributed by atoms with Gasteiger partial charge >= 0.3 is 0 Å². The number of rotatable bonds is 7. The third kappa shape index (κ3) is 4.68. The van der Waals surface area contributed by atoms with E-state index in [1.807, 2.05) is 0 Å². The molecule has 0 spiro atoms. The van der Waals surface area contributed by atoms with E-state index in [9.17, 15) is 28.4 Å². The summed E-state index contributed by atoms with van der Waals surface area (Å²) in [7, 11) is -4.16. The number of nitro benzene ring substituents is 1. The van der Waals surface area contributed by atoms with Crippen LogP contribution < -0.4 is 15.1 Å². The second-order valence-electron chi connectivity index (χ2n) is 4.43. The van der Waals surface area contributed by atoms with Crippen LogP contribution in [0.15, 0.2) is 23.1 Å². The number of hydrogen-bond acceptors (Lipinski definition) is 7. The molecule has 0 saturated carbocycles. The average molecular weight is 316 g/mol. The molecule has 116 valence electrons. The number of anilines is 1. The summed E-state index contributed by atoms with van der Waals surface area (Å²) in [5.74, 6) is -1.61. The van der Waals surface area contributed by atoms with Crippen molar-refractivity contribution in [2.75, 3.05) is 11.9 Å². The highest BCUT2D eigenvalue weighted by atomic mass is 32.2. The molecule has 0 unspecified atom stereocenters. The van der Waals surface area contributed by atoms with Gasteiger partial charge in [0.15, 0.2) is 0 Å². The topological polar surface area (TPSA) is 141 Å². The van der Waals surface area contributed by atoms with Crippen LogP contribution in [0, 0.1) is 10.1 Å². The maximum absolute atomic E-state index is 11.8. The van der Waals surface area contributed by atoms with Crippen molar-refractivity contribution < 1.29 is 23.2 Å². The van der Waals surface area contributed by atoms with E-state index in [2.05, 4.69) is 5.32 Å². The molecule has 0 heterocycles. The van der Waals surface area contributed by atoms with Crippen LogP contribution in [0.3, 0.4) is 0 Å². The van der Waals surface area contributed by atoms with E-state index in [-0.39, 0.29) is 11.7 Å². The Hall–Kier alpha value is -2.20. The fourth-order valence-electron chi connectivity index (χ4n) is 1.50. The van der Waals surface area contributed by atoms with Crippen molar-refractivity contribution in [1.82, 2.24) is 4.72 Å². The third-order valence-electron chi connectivity index (χ3n) is 2.33. The largest absolute Gasteiger partial charge is 0.549 e. The summed E-state index contributed by atoms with van der Waals surface area (Å²) in [5.41, 5.74) is -0.242. The van der Waals surface area contributed by atoms with E-state index < -0.39 is 38.0 Å². The lowest BCUT2D eigenvalue weighted by Gasteiger charge is -2.12. The number of nitrogens with one attached hydrogen (secondary N) is 2. The van der Waals surface area contributed by atoms with E-state index in [1.165, 1.54) is 6.07 Å². The minimum absolute atomic E-state index is 0.0811. The van der Waals surface area contributed by atoms with E-state index in [1.54, 1.807) is 18.6 Å². The van der Waals surface area contributed by atoms with E-state index >= 15 is 0 Å². The zero-order valence-corrected chi connectivity index (χ0v) is 12.1. The Morgan fingerprint density at radius 1 is 1.38 bits per heavy atom. The van der Waals surface area contributed by atoms with E-state index in [0.717, 1.165) is 12.1 Å². The molecule has 9 nitrogen and oxygen atoms in total. The van der Waals surface area contributed by atoms with Crippen LogP contribution in [-0.4, -0.2) is 31.9 Å². The van der Waals surface area contributed by atoms with Crippen LogP contribution in [0.1, 0.15) is 13.8 Å². The second kappa shape index (κ2) is 6.50. The van der Waals surface area contributed by atoms with Gasteiger partial charge in [0.25, 0.3) is 5.69 Å². The Morgan fingerprint density at radius 3 is 2.48 bits per heavy atom. The van der Waals surface area contributed by atoms with Crippen molar-refractivity contribution in [3.63, 3.8) is 0 Å². The van der Waals surface area contributed by atoms with Crippen molar-refractivity contribution in [3.05, 3.63) is 28.3 Å². The Balaban J connectivity index is 3.19. The van der Waals surface area contributed by atoms with Gasteiger partial charge in [0.2, 0.25) is 10.0 Å². The standard InChI is InChI=1S/C11H15N3O6S/c1-7(2)13-9-4-3-8(5-10(9)14(17)18)21(19,20)12-6-11(15)16/h3-5,7,12-13H,6H2,1-2H3,(H,15,16)/p-1. The van der Waals surface area contributed by atoms with Crippen LogP contribution in [-0.2, 0) is 14.8 Å². The van der Waals surface area contributed by atoms with Gasteiger partial charge in [0.05, 0.1) is 22.3 Å². The zero-order chi connectivity index (χ0) is 16.2. The zero-order valence-electron chi connectivity index (χ0n) is 11.3. The maximum Gasteiger partial charge on any atom is 0.293 e. The molecule has 0 atom stereocenters. The lowest BCUT2D eigenvalue weighted by atomic mass is 10.2. The van der Waals surface area contributed by atoms with Gasteiger partial charge in [-0.25, -0.2) is 13.1 Å². The minimum atomic E-state index is -4.16. The first-order valence-corrected chi connectivity index (χ1v) is 7.36. The van der Waals surface area contributed by atoms with E-state index in [4.69, 9.17) is 0 Å². The molecule has 1 rings (SSSR count). The quantitative estimate of drug-likeness (QED) is 0.507. The third-order valence-corrected chi connectivity index (χ3v) is 3.73.